The fraction of sp³-hybridized carbons (Fsp3) is 0.286. The van der Waals surface area contributed by atoms with E-state index in [2.05, 4.69) is 64.2 Å². The van der Waals surface area contributed by atoms with E-state index in [-0.39, 0.29) is 0 Å². The van der Waals surface area contributed by atoms with Gasteiger partial charge >= 0.3 is 0 Å². The lowest BCUT2D eigenvalue weighted by molar-refractivity contribution is 0.865. The summed E-state index contributed by atoms with van der Waals surface area (Å²) in [5.74, 6) is 1.26. The lowest BCUT2D eigenvalue weighted by Gasteiger charge is -2.21. The van der Waals surface area contributed by atoms with Crippen molar-refractivity contribution < 1.29 is 0 Å². The number of aromatic nitrogens is 4. The Labute approximate surface area is 164 Å². The van der Waals surface area contributed by atoms with Crippen LogP contribution in [0.4, 0.5) is 11.4 Å². The second kappa shape index (κ2) is 7.34. The van der Waals surface area contributed by atoms with E-state index in [0.717, 1.165) is 41.5 Å². The summed E-state index contributed by atoms with van der Waals surface area (Å²) in [5, 5.41) is 13.2. The minimum absolute atomic E-state index is 0.619. The monoisotopic (exact) mass is 373 g/mol. The van der Waals surface area contributed by atoms with E-state index in [4.69, 9.17) is 4.99 Å². The summed E-state index contributed by atoms with van der Waals surface area (Å²) in [5.41, 5.74) is 5.54. The topological polar surface area (TPSA) is 71.6 Å². The highest BCUT2D eigenvalue weighted by Crippen LogP contribution is 2.27. The van der Waals surface area contributed by atoms with Gasteiger partial charge in [0.25, 0.3) is 0 Å². The molecule has 0 fully saturated rings. The SMILES string of the molecule is CCN(CC)c1ccc(N=C2C(C)=Nn3c2nnc3-c2ccccn2)c(C)c1. The van der Waals surface area contributed by atoms with Crippen molar-refractivity contribution in [3.8, 4) is 11.5 Å². The molecule has 4 rings (SSSR count). The van der Waals surface area contributed by atoms with Crippen LogP contribution in [0.15, 0.2) is 52.7 Å². The van der Waals surface area contributed by atoms with Crippen LogP contribution in [-0.4, -0.2) is 44.4 Å². The van der Waals surface area contributed by atoms with Crippen LogP contribution in [0, 0.1) is 6.92 Å². The van der Waals surface area contributed by atoms with Gasteiger partial charge in [-0.05, 0) is 63.6 Å². The quantitative estimate of drug-likeness (QED) is 0.681. The molecule has 3 aromatic rings. The Morgan fingerprint density at radius 1 is 1.00 bits per heavy atom. The second-order valence-electron chi connectivity index (χ2n) is 6.66. The zero-order valence-corrected chi connectivity index (χ0v) is 16.6. The van der Waals surface area contributed by atoms with Crippen molar-refractivity contribution in [1.82, 2.24) is 19.9 Å². The van der Waals surface area contributed by atoms with Crippen LogP contribution >= 0.6 is 0 Å². The van der Waals surface area contributed by atoms with Crippen LogP contribution in [-0.2, 0) is 0 Å². The van der Waals surface area contributed by atoms with Gasteiger partial charge in [-0.2, -0.15) is 9.78 Å². The third kappa shape index (κ3) is 3.09. The number of anilines is 1. The molecule has 0 bridgehead atoms. The number of benzene rings is 1. The molecule has 0 atom stereocenters. The minimum atomic E-state index is 0.619. The minimum Gasteiger partial charge on any atom is -0.372 e. The molecule has 7 heteroatoms. The van der Waals surface area contributed by atoms with Crippen LogP contribution in [0.2, 0.25) is 0 Å². The van der Waals surface area contributed by atoms with Gasteiger partial charge in [0, 0.05) is 25.0 Å². The molecule has 3 heterocycles. The third-order valence-corrected chi connectivity index (χ3v) is 4.88. The molecule has 0 radical (unpaired) electrons. The standard InChI is InChI=1S/C21H23N7/c1-5-27(6-2)16-10-11-17(14(3)13-16)23-19-15(4)26-28-20(24-25-21(19)28)18-9-7-8-12-22-18/h7-13H,5-6H2,1-4H3. The molecule has 28 heavy (non-hydrogen) atoms. The van der Waals surface area contributed by atoms with Crippen molar-refractivity contribution in [3.05, 3.63) is 54.0 Å². The average molecular weight is 373 g/mol. The Balaban J connectivity index is 1.72. The van der Waals surface area contributed by atoms with Gasteiger partial charge in [-0.15, -0.1) is 10.2 Å². The first-order valence-electron chi connectivity index (χ1n) is 9.49. The van der Waals surface area contributed by atoms with Gasteiger partial charge in [0.05, 0.1) is 11.4 Å². The highest BCUT2D eigenvalue weighted by molar-refractivity contribution is 6.48. The molecule has 2 aromatic heterocycles. The molecule has 0 unspecified atom stereocenters. The molecule has 0 amide bonds. The van der Waals surface area contributed by atoms with E-state index in [0.29, 0.717) is 11.6 Å². The zero-order chi connectivity index (χ0) is 19.7. The summed E-state index contributed by atoms with van der Waals surface area (Å²) in [6.07, 6.45) is 1.73. The maximum atomic E-state index is 4.86. The van der Waals surface area contributed by atoms with E-state index in [9.17, 15) is 0 Å². The highest BCUT2D eigenvalue weighted by atomic mass is 15.5. The number of fused-ring (bicyclic) bond motifs is 1. The van der Waals surface area contributed by atoms with Crippen molar-refractivity contribution in [1.29, 1.82) is 0 Å². The molecule has 0 aliphatic carbocycles. The second-order valence-corrected chi connectivity index (χ2v) is 6.66. The normalized spacial score (nSPS) is 14.3. The molecule has 0 saturated heterocycles. The van der Waals surface area contributed by atoms with Gasteiger partial charge in [-0.25, -0.2) is 4.99 Å². The van der Waals surface area contributed by atoms with Crippen molar-refractivity contribution in [2.75, 3.05) is 18.0 Å². The first-order valence-corrected chi connectivity index (χ1v) is 9.49. The predicted molar refractivity (Wildman–Crippen MR) is 113 cm³/mol. The summed E-state index contributed by atoms with van der Waals surface area (Å²) in [6.45, 7) is 10.3. The highest BCUT2D eigenvalue weighted by Gasteiger charge is 2.26. The Morgan fingerprint density at radius 2 is 1.79 bits per heavy atom. The van der Waals surface area contributed by atoms with E-state index in [1.54, 1.807) is 10.9 Å². The molecule has 0 saturated carbocycles. The van der Waals surface area contributed by atoms with Crippen molar-refractivity contribution in [2.45, 2.75) is 27.7 Å². The van der Waals surface area contributed by atoms with Crippen molar-refractivity contribution >= 4 is 22.8 Å². The maximum Gasteiger partial charge on any atom is 0.205 e. The fourth-order valence-electron chi connectivity index (χ4n) is 3.34. The largest absolute Gasteiger partial charge is 0.372 e. The number of rotatable bonds is 5. The van der Waals surface area contributed by atoms with E-state index in [1.807, 2.05) is 25.1 Å². The van der Waals surface area contributed by atoms with Gasteiger partial charge in [0.2, 0.25) is 11.6 Å². The molecule has 1 aliphatic rings. The number of aliphatic imine (C=N–C) groups is 1. The first-order chi connectivity index (χ1) is 13.6. The number of hydrogen-bond acceptors (Lipinski definition) is 6. The van der Waals surface area contributed by atoms with Gasteiger partial charge in [-0.1, -0.05) is 6.07 Å². The first kappa shape index (κ1) is 18.0. The average Bonchev–Trinajstić information content (AvgIpc) is 3.24. The molecule has 1 aromatic carbocycles. The maximum absolute atomic E-state index is 4.86. The lowest BCUT2D eigenvalue weighted by Crippen LogP contribution is -2.21. The van der Waals surface area contributed by atoms with E-state index in [1.165, 1.54) is 5.69 Å². The Bertz CT molecular complexity index is 1060. The summed E-state index contributed by atoms with van der Waals surface area (Å²) in [6, 6.07) is 12.0. The molecule has 1 aliphatic heterocycles. The molecular formula is C21H23N7. The number of pyridine rings is 1. The Kier molecular flexibility index (Phi) is 4.73. The molecule has 7 nitrogen and oxygen atoms in total. The Hall–Kier alpha value is -3.35. The molecule has 142 valence electrons. The van der Waals surface area contributed by atoms with Crippen LogP contribution in [0.3, 0.4) is 0 Å². The van der Waals surface area contributed by atoms with Crippen LogP contribution in [0.25, 0.3) is 11.5 Å². The van der Waals surface area contributed by atoms with Gasteiger partial charge in [0.15, 0.2) is 0 Å². The molecule has 0 N–H and O–H groups in total. The van der Waals surface area contributed by atoms with Crippen molar-refractivity contribution in [2.24, 2.45) is 10.1 Å². The van der Waals surface area contributed by atoms with Gasteiger partial charge in [0.1, 0.15) is 11.4 Å². The lowest BCUT2D eigenvalue weighted by atomic mass is 10.1. The Morgan fingerprint density at radius 3 is 2.46 bits per heavy atom. The van der Waals surface area contributed by atoms with Crippen LogP contribution in [0.1, 0.15) is 32.2 Å². The van der Waals surface area contributed by atoms with Gasteiger partial charge in [-0.3, -0.25) is 4.98 Å². The summed E-state index contributed by atoms with van der Waals surface area (Å²) < 4.78 is 1.72. The molecular weight excluding hydrogens is 350 g/mol. The van der Waals surface area contributed by atoms with Crippen molar-refractivity contribution in [3.63, 3.8) is 0 Å². The number of hydrogen-bond donors (Lipinski definition) is 0. The molecule has 0 spiro atoms. The zero-order valence-electron chi connectivity index (χ0n) is 16.6. The van der Waals surface area contributed by atoms with E-state index < -0.39 is 0 Å². The summed E-state index contributed by atoms with van der Waals surface area (Å²) in [4.78, 5) is 11.5. The third-order valence-electron chi connectivity index (χ3n) is 4.88. The summed E-state index contributed by atoms with van der Waals surface area (Å²) >= 11 is 0. The van der Waals surface area contributed by atoms with E-state index >= 15 is 0 Å². The fourth-order valence-corrected chi connectivity index (χ4v) is 3.34. The number of aryl methyl sites for hydroxylation is 1. The van der Waals surface area contributed by atoms with Crippen LogP contribution in [0.5, 0.6) is 0 Å². The smallest absolute Gasteiger partial charge is 0.205 e. The van der Waals surface area contributed by atoms with Crippen LogP contribution < -0.4 is 4.90 Å². The number of nitrogens with zero attached hydrogens (tertiary/aromatic N) is 7. The van der Waals surface area contributed by atoms with Gasteiger partial charge < -0.3 is 4.90 Å². The predicted octanol–water partition coefficient (Wildman–Crippen LogP) is 3.85. The summed E-state index contributed by atoms with van der Waals surface area (Å²) in [7, 11) is 0.